The summed E-state index contributed by atoms with van der Waals surface area (Å²) in [4.78, 5) is 33.1. The molecule has 0 aliphatic carbocycles. The molecule has 0 aliphatic heterocycles. The molecule has 0 unspecified atom stereocenters. The highest BCUT2D eigenvalue weighted by Crippen LogP contribution is 2.28. The Labute approximate surface area is 187 Å². The van der Waals surface area contributed by atoms with Gasteiger partial charge in [-0.2, -0.15) is 5.26 Å². The van der Waals surface area contributed by atoms with Gasteiger partial charge in [-0.15, -0.1) is 11.3 Å². The lowest BCUT2D eigenvalue weighted by atomic mass is 10.1. The molecule has 8 heteroatoms. The molecule has 0 saturated carbocycles. The van der Waals surface area contributed by atoms with Crippen LogP contribution in [0.5, 0.6) is 0 Å². The van der Waals surface area contributed by atoms with Gasteiger partial charge in [0.25, 0.3) is 5.56 Å². The lowest BCUT2D eigenvalue weighted by molar-refractivity contribution is 0.0526. The topological polar surface area (TPSA) is 109 Å². The number of thiophene rings is 1. The van der Waals surface area contributed by atoms with Gasteiger partial charge in [0.2, 0.25) is 0 Å². The molecule has 0 saturated heterocycles. The number of hydrogen-bond acceptors (Lipinski definition) is 7. The van der Waals surface area contributed by atoms with Crippen LogP contribution in [-0.4, -0.2) is 22.5 Å². The molecule has 1 aromatic carbocycles. The minimum atomic E-state index is -0.379. The van der Waals surface area contributed by atoms with Crippen molar-refractivity contribution in [1.82, 2.24) is 9.97 Å². The summed E-state index contributed by atoms with van der Waals surface area (Å²) in [5.74, 6) is 0.830. The molecule has 160 valence electrons. The van der Waals surface area contributed by atoms with Crippen LogP contribution < -0.4 is 5.56 Å². The number of fused-ring (bicyclic) bond motifs is 1. The Hall–Kier alpha value is -3.96. The monoisotopic (exact) mass is 445 g/mol. The number of nitrogens with zero attached hydrogens (tertiary/aromatic N) is 2. The minimum absolute atomic E-state index is 0.186. The van der Waals surface area contributed by atoms with Crippen LogP contribution in [0.15, 0.2) is 45.6 Å². The first kappa shape index (κ1) is 21.3. The van der Waals surface area contributed by atoms with E-state index in [1.807, 2.05) is 13.8 Å². The molecule has 3 aromatic heterocycles. The quantitative estimate of drug-likeness (QED) is 0.338. The van der Waals surface area contributed by atoms with E-state index in [0.29, 0.717) is 33.9 Å². The summed E-state index contributed by atoms with van der Waals surface area (Å²) in [6.07, 6.45) is 1.54. The van der Waals surface area contributed by atoms with E-state index in [2.05, 4.69) is 16.0 Å². The Morgan fingerprint density at radius 1 is 1.25 bits per heavy atom. The molecule has 0 bridgehead atoms. The molecule has 1 N–H and O–H groups in total. The number of aryl methyl sites for hydroxylation is 2. The van der Waals surface area contributed by atoms with Crippen LogP contribution in [0.4, 0.5) is 0 Å². The predicted octanol–water partition coefficient (Wildman–Crippen LogP) is 5.10. The number of benzene rings is 1. The van der Waals surface area contributed by atoms with Crippen LogP contribution in [0.1, 0.15) is 39.3 Å². The van der Waals surface area contributed by atoms with E-state index < -0.39 is 0 Å². The molecule has 0 fully saturated rings. The Morgan fingerprint density at radius 2 is 2.00 bits per heavy atom. The van der Waals surface area contributed by atoms with Gasteiger partial charge in [0.15, 0.2) is 5.82 Å². The molecule has 4 rings (SSSR count). The van der Waals surface area contributed by atoms with E-state index in [1.54, 1.807) is 43.3 Å². The van der Waals surface area contributed by atoms with E-state index in [4.69, 9.17) is 9.15 Å². The van der Waals surface area contributed by atoms with Gasteiger partial charge in [-0.05, 0) is 50.6 Å². The number of hydrogen-bond donors (Lipinski definition) is 1. The summed E-state index contributed by atoms with van der Waals surface area (Å²) >= 11 is 1.42. The minimum Gasteiger partial charge on any atom is -0.462 e. The van der Waals surface area contributed by atoms with Crippen molar-refractivity contribution in [2.45, 2.75) is 20.8 Å². The number of furan rings is 1. The fourth-order valence-corrected chi connectivity index (χ4v) is 4.28. The number of allylic oxidation sites excluding steroid dienone is 1. The first-order chi connectivity index (χ1) is 15.4. The normalized spacial score (nSPS) is 11.5. The highest BCUT2D eigenvalue weighted by atomic mass is 32.1. The standard InChI is InChI=1S/C24H19N3O4S/c1-4-30-24(29)16-7-5-15(6-8-16)19-10-9-18(31-19)11-17(12-25)21-26-22(28)20-13(2)14(3)32-23(20)27-21/h5-11H,4H2,1-3H3,(H,26,27,28)/b17-11+. The number of ether oxygens (including phenoxy) is 1. The summed E-state index contributed by atoms with van der Waals surface area (Å²) in [5, 5.41) is 10.2. The molecule has 0 amide bonds. The third-order valence-electron chi connectivity index (χ3n) is 5.01. The molecule has 0 radical (unpaired) electrons. The number of rotatable bonds is 5. The maximum Gasteiger partial charge on any atom is 0.338 e. The van der Waals surface area contributed by atoms with Crippen molar-refractivity contribution in [3.8, 4) is 17.4 Å². The Kier molecular flexibility index (Phi) is 5.75. The number of esters is 1. The van der Waals surface area contributed by atoms with Gasteiger partial charge in [0.1, 0.15) is 22.4 Å². The first-order valence-electron chi connectivity index (χ1n) is 9.90. The largest absolute Gasteiger partial charge is 0.462 e. The second-order valence-corrected chi connectivity index (χ2v) is 8.25. The van der Waals surface area contributed by atoms with E-state index in [1.165, 1.54) is 17.4 Å². The van der Waals surface area contributed by atoms with Crippen molar-refractivity contribution in [1.29, 1.82) is 5.26 Å². The van der Waals surface area contributed by atoms with Gasteiger partial charge >= 0.3 is 5.97 Å². The highest BCUT2D eigenvalue weighted by molar-refractivity contribution is 7.18. The number of H-pyrrole nitrogens is 1. The van der Waals surface area contributed by atoms with Crippen LogP contribution in [0.2, 0.25) is 0 Å². The summed E-state index contributed by atoms with van der Waals surface area (Å²) in [6, 6.07) is 12.4. The van der Waals surface area contributed by atoms with Gasteiger partial charge in [0, 0.05) is 16.5 Å². The van der Waals surface area contributed by atoms with Crippen LogP contribution in [0.3, 0.4) is 0 Å². The molecule has 3 heterocycles. The predicted molar refractivity (Wildman–Crippen MR) is 123 cm³/mol. The number of nitriles is 1. The SMILES string of the molecule is CCOC(=O)c1ccc(-c2ccc(/C=C(\C#N)c3nc4sc(C)c(C)c4c(=O)[nH]3)o2)cc1. The van der Waals surface area contributed by atoms with Crippen LogP contribution in [0, 0.1) is 25.2 Å². The van der Waals surface area contributed by atoms with Gasteiger partial charge in [-0.3, -0.25) is 4.79 Å². The Bertz CT molecular complexity index is 1450. The average molecular weight is 446 g/mol. The summed E-state index contributed by atoms with van der Waals surface area (Å²) in [5.41, 5.74) is 2.05. The average Bonchev–Trinajstić information content (AvgIpc) is 3.36. The smallest absolute Gasteiger partial charge is 0.338 e. The van der Waals surface area contributed by atoms with Crippen molar-refractivity contribution in [3.05, 3.63) is 74.3 Å². The molecule has 0 spiro atoms. The van der Waals surface area contributed by atoms with Gasteiger partial charge in [-0.1, -0.05) is 12.1 Å². The molecular weight excluding hydrogens is 426 g/mol. The molecule has 0 aliphatic rings. The lowest BCUT2D eigenvalue weighted by Gasteiger charge is -2.02. The molecule has 32 heavy (non-hydrogen) atoms. The maximum atomic E-state index is 12.5. The second-order valence-electron chi connectivity index (χ2n) is 7.05. The third kappa shape index (κ3) is 3.98. The number of aromatic nitrogens is 2. The van der Waals surface area contributed by atoms with Crippen molar-refractivity contribution in [3.63, 3.8) is 0 Å². The van der Waals surface area contributed by atoms with Crippen molar-refractivity contribution < 1.29 is 13.9 Å². The van der Waals surface area contributed by atoms with Crippen molar-refractivity contribution in [2.24, 2.45) is 0 Å². The fourth-order valence-electron chi connectivity index (χ4n) is 3.25. The van der Waals surface area contributed by atoms with Crippen LogP contribution in [-0.2, 0) is 4.74 Å². The van der Waals surface area contributed by atoms with Crippen LogP contribution in [0.25, 0.3) is 33.2 Å². The molecular formula is C24H19N3O4S. The summed E-state index contributed by atoms with van der Waals surface area (Å²) < 4.78 is 10.8. The second kappa shape index (κ2) is 8.65. The van der Waals surface area contributed by atoms with Crippen LogP contribution >= 0.6 is 11.3 Å². The third-order valence-corrected chi connectivity index (χ3v) is 6.11. The number of carbonyl (C=O) groups is 1. The van der Waals surface area contributed by atoms with Crippen molar-refractivity contribution >= 4 is 39.2 Å². The van der Waals surface area contributed by atoms with E-state index in [-0.39, 0.29) is 22.9 Å². The first-order valence-corrected chi connectivity index (χ1v) is 10.7. The molecule has 4 aromatic rings. The van der Waals surface area contributed by atoms with Gasteiger partial charge in [-0.25, -0.2) is 9.78 Å². The molecule has 0 atom stereocenters. The summed E-state index contributed by atoms with van der Waals surface area (Å²) in [6.45, 7) is 5.89. The lowest BCUT2D eigenvalue weighted by Crippen LogP contribution is -2.10. The zero-order chi connectivity index (χ0) is 22.8. The summed E-state index contributed by atoms with van der Waals surface area (Å²) in [7, 11) is 0. The van der Waals surface area contributed by atoms with Gasteiger partial charge < -0.3 is 14.1 Å². The van der Waals surface area contributed by atoms with E-state index >= 15 is 0 Å². The Morgan fingerprint density at radius 3 is 2.69 bits per heavy atom. The number of aromatic amines is 1. The van der Waals surface area contributed by atoms with E-state index in [0.717, 1.165) is 16.0 Å². The van der Waals surface area contributed by atoms with E-state index in [9.17, 15) is 14.9 Å². The van der Waals surface area contributed by atoms with Crippen molar-refractivity contribution in [2.75, 3.05) is 6.61 Å². The molecule has 7 nitrogen and oxygen atoms in total. The van der Waals surface area contributed by atoms with Gasteiger partial charge in [0.05, 0.1) is 23.1 Å². The number of carbonyl (C=O) groups excluding carboxylic acids is 1. The fraction of sp³-hybridized carbons (Fsp3) is 0.167. The highest BCUT2D eigenvalue weighted by Gasteiger charge is 2.15. The zero-order valence-electron chi connectivity index (χ0n) is 17.7. The zero-order valence-corrected chi connectivity index (χ0v) is 18.5. The number of nitrogens with one attached hydrogen (secondary N) is 1. The Balaban J connectivity index is 1.64. The maximum absolute atomic E-state index is 12.5.